The Morgan fingerprint density at radius 2 is 2.00 bits per heavy atom. The zero-order valence-electron chi connectivity index (χ0n) is 8.22. The van der Waals surface area contributed by atoms with Crippen LogP contribution in [0.4, 0.5) is 0 Å². The lowest BCUT2D eigenvalue weighted by molar-refractivity contribution is 0.101. The molecule has 2 unspecified atom stereocenters. The van der Waals surface area contributed by atoms with Crippen LogP contribution in [-0.2, 0) is 4.74 Å². The molecular formula is C10H17BrO2. The number of aliphatic hydroxyl groups excluding tert-OH is 1. The third-order valence-corrected chi connectivity index (χ3v) is 1.95. The fourth-order valence-electron chi connectivity index (χ4n) is 0.736. The maximum absolute atomic E-state index is 8.88. The molecule has 0 saturated heterocycles. The quantitative estimate of drug-likeness (QED) is 0.458. The minimum atomic E-state index is -0.561. The van der Waals surface area contributed by atoms with Crippen LogP contribution in [0.3, 0.4) is 0 Å². The summed E-state index contributed by atoms with van der Waals surface area (Å²) in [4.78, 5) is 0. The van der Waals surface area contributed by atoms with Gasteiger partial charge < -0.3 is 9.84 Å². The van der Waals surface area contributed by atoms with Gasteiger partial charge in [-0.1, -0.05) is 27.8 Å². The summed E-state index contributed by atoms with van der Waals surface area (Å²) in [7, 11) is 0. The van der Waals surface area contributed by atoms with Crippen molar-refractivity contribution in [2.45, 2.75) is 38.9 Å². The molecule has 0 bridgehead atoms. The second-order valence-electron chi connectivity index (χ2n) is 2.87. The number of aliphatic hydroxyl groups is 1. The van der Waals surface area contributed by atoms with E-state index in [0.29, 0.717) is 0 Å². The molecule has 0 aliphatic rings. The Balaban J connectivity index is 3.41. The topological polar surface area (TPSA) is 29.5 Å². The van der Waals surface area contributed by atoms with Crippen molar-refractivity contribution in [2.24, 2.45) is 0 Å². The predicted octanol–water partition coefficient (Wildman–Crippen LogP) is 1.95. The zero-order valence-corrected chi connectivity index (χ0v) is 9.80. The summed E-state index contributed by atoms with van der Waals surface area (Å²) in [6, 6.07) is 0. The summed E-state index contributed by atoms with van der Waals surface area (Å²) >= 11 is 3.35. The standard InChI is InChI=1S/C10H17BrO2/c1-9(12)5-6-10(2)13-8-4-3-7-11/h9-10,12H,3-4,7-8H2,1-2H3. The first-order valence-corrected chi connectivity index (χ1v) is 5.65. The number of alkyl halides is 1. The van der Waals surface area contributed by atoms with Crippen LogP contribution in [0.25, 0.3) is 0 Å². The van der Waals surface area contributed by atoms with Gasteiger partial charge in [-0.25, -0.2) is 0 Å². The molecule has 0 aromatic carbocycles. The Morgan fingerprint density at radius 1 is 1.31 bits per heavy atom. The molecule has 0 amide bonds. The van der Waals surface area contributed by atoms with Gasteiger partial charge in [-0.15, -0.1) is 0 Å². The first kappa shape index (κ1) is 13.0. The minimum Gasteiger partial charge on any atom is -0.381 e. The molecule has 1 N–H and O–H groups in total. The highest BCUT2D eigenvalue weighted by atomic mass is 79.9. The van der Waals surface area contributed by atoms with E-state index < -0.39 is 6.10 Å². The summed E-state index contributed by atoms with van der Waals surface area (Å²) in [5.41, 5.74) is 0. The second-order valence-corrected chi connectivity index (χ2v) is 3.67. The van der Waals surface area contributed by atoms with Gasteiger partial charge in [0.05, 0.1) is 0 Å². The van der Waals surface area contributed by atoms with E-state index in [2.05, 4.69) is 27.8 Å². The average molecular weight is 249 g/mol. The van der Waals surface area contributed by atoms with Crippen LogP contribution in [0.15, 0.2) is 0 Å². The molecule has 76 valence electrons. The SMILES string of the molecule is CC(O)C#CC(C)OCCCCBr. The van der Waals surface area contributed by atoms with Gasteiger partial charge in [0.2, 0.25) is 0 Å². The lowest BCUT2D eigenvalue weighted by Gasteiger charge is -2.05. The van der Waals surface area contributed by atoms with Gasteiger partial charge in [0.25, 0.3) is 0 Å². The molecule has 0 aliphatic heterocycles. The van der Waals surface area contributed by atoms with Crippen LogP contribution in [0.2, 0.25) is 0 Å². The predicted molar refractivity (Wildman–Crippen MR) is 57.9 cm³/mol. The van der Waals surface area contributed by atoms with E-state index >= 15 is 0 Å². The van der Waals surface area contributed by atoms with Gasteiger partial charge in [0.1, 0.15) is 12.2 Å². The molecule has 0 fully saturated rings. The van der Waals surface area contributed by atoms with Gasteiger partial charge in [-0.05, 0) is 26.7 Å². The molecule has 0 aromatic rings. The van der Waals surface area contributed by atoms with Crippen LogP contribution >= 0.6 is 15.9 Å². The first-order valence-electron chi connectivity index (χ1n) is 4.53. The molecule has 0 aliphatic carbocycles. The normalized spacial score (nSPS) is 14.5. The summed E-state index contributed by atoms with van der Waals surface area (Å²) in [6.45, 7) is 4.27. The third kappa shape index (κ3) is 9.88. The van der Waals surface area contributed by atoms with Crippen LogP contribution < -0.4 is 0 Å². The molecule has 13 heavy (non-hydrogen) atoms. The number of hydrogen-bond acceptors (Lipinski definition) is 2. The van der Waals surface area contributed by atoms with E-state index in [0.717, 1.165) is 24.8 Å². The number of rotatable bonds is 5. The lowest BCUT2D eigenvalue weighted by atomic mass is 10.3. The van der Waals surface area contributed by atoms with Crippen molar-refractivity contribution in [3.8, 4) is 11.8 Å². The van der Waals surface area contributed by atoms with Gasteiger partial charge in [0.15, 0.2) is 0 Å². The van der Waals surface area contributed by atoms with Gasteiger partial charge >= 0.3 is 0 Å². The molecule has 0 rings (SSSR count). The molecule has 0 aromatic heterocycles. The van der Waals surface area contributed by atoms with E-state index in [1.807, 2.05) is 6.92 Å². The number of unbranched alkanes of at least 4 members (excludes halogenated alkanes) is 1. The molecule has 0 spiro atoms. The number of ether oxygens (including phenoxy) is 1. The molecule has 0 saturated carbocycles. The Hall–Kier alpha value is -0.0400. The summed E-state index contributed by atoms with van der Waals surface area (Å²) < 4.78 is 5.39. The highest BCUT2D eigenvalue weighted by Gasteiger charge is 1.96. The van der Waals surface area contributed by atoms with Crippen molar-refractivity contribution in [1.82, 2.24) is 0 Å². The monoisotopic (exact) mass is 248 g/mol. The third-order valence-electron chi connectivity index (χ3n) is 1.39. The Morgan fingerprint density at radius 3 is 2.54 bits per heavy atom. The summed E-state index contributed by atoms with van der Waals surface area (Å²) in [6.07, 6.45) is 1.53. The molecule has 0 heterocycles. The largest absolute Gasteiger partial charge is 0.381 e. The van der Waals surface area contributed by atoms with Crippen molar-refractivity contribution in [3.63, 3.8) is 0 Å². The average Bonchev–Trinajstić information content (AvgIpc) is 2.09. The smallest absolute Gasteiger partial charge is 0.115 e. The summed E-state index contributed by atoms with van der Waals surface area (Å²) in [5, 5.41) is 9.89. The van der Waals surface area contributed by atoms with E-state index in [1.54, 1.807) is 6.92 Å². The molecule has 2 nitrogen and oxygen atoms in total. The molecule has 2 atom stereocenters. The van der Waals surface area contributed by atoms with Crippen molar-refractivity contribution >= 4 is 15.9 Å². The van der Waals surface area contributed by atoms with Crippen molar-refractivity contribution in [1.29, 1.82) is 0 Å². The van der Waals surface area contributed by atoms with Gasteiger partial charge in [-0.3, -0.25) is 0 Å². The maximum Gasteiger partial charge on any atom is 0.115 e. The van der Waals surface area contributed by atoms with Crippen molar-refractivity contribution in [2.75, 3.05) is 11.9 Å². The minimum absolute atomic E-state index is 0.0788. The Labute approximate surface area is 88.8 Å². The highest BCUT2D eigenvalue weighted by molar-refractivity contribution is 9.09. The summed E-state index contributed by atoms with van der Waals surface area (Å²) in [5.74, 6) is 5.48. The first-order chi connectivity index (χ1) is 6.16. The van der Waals surface area contributed by atoms with E-state index in [4.69, 9.17) is 9.84 Å². The van der Waals surface area contributed by atoms with Crippen molar-refractivity contribution < 1.29 is 9.84 Å². The second kappa shape index (κ2) is 8.55. The molecular weight excluding hydrogens is 232 g/mol. The van der Waals surface area contributed by atoms with Gasteiger partial charge in [0, 0.05) is 11.9 Å². The Bertz CT molecular complexity index is 169. The van der Waals surface area contributed by atoms with E-state index in [1.165, 1.54) is 0 Å². The highest BCUT2D eigenvalue weighted by Crippen LogP contribution is 1.97. The number of halogens is 1. The Kier molecular flexibility index (Phi) is 8.53. The van der Waals surface area contributed by atoms with Crippen LogP contribution in [0, 0.1) is 11.8 Å². The fourth-order valence-corrected chi connectivity index (χ4v) is 1.13. The van der Waals surface area contributed by atoms with Crippen LogP contribution in [0.1, 0.15) is 26.7 Å². The van der Waals surface area contributed by atoms with Crippen LogP contribution in [-0.4, -0.2) is 29.3 Å². The zero-order chi connectivity index (χ0) is 10.1. The molecule has 0 radical (unpaired) electrons. The van der Waals surface area contributed by atoms with Crippen LogP contribution in [0.5, 0.6) is 0 Å². The van der Waals surface area contributed by atoms with Crippen molar-refractivity contribution in [3.05, 3.63) is 0 Å². The maximum atomic E-state index is 8.88. The number of hydrogen-bond donors (Lipinski definition) is 1. The fraction of sp³-hybridized carbons (Fsp3) is 0.800. The van der Waals surface area contributed by atoms with E-state index in [-0.39, 0.29) is 6.10 Å². The lowest BCUT2D eigenvalue weighted by Crippen LogP contribution is -2.07. The van der Waals surface area contributed by atoms with E-state index in [9.17, 15) is 0 Å². The molecule has 3 heteroatoms. The van der Waals surface area contributed by atoms with Gasteiger partial charge in [-0.2, -0.15) is 0 Å².